The van der Waals surface area contributed by atoms with E-state index in [1.807, 2.05) is 65.0 Å². The van der Waals surface area contributed by atoms with Crippen molar-refractivity contribution in [2.24, 2.45) is 0 Å². The normalized spacial score (nSPS) is 16.1. The fraction of sp³-hybridized carbons (Fsp3) is 0.320. The lowest BCUT2D eigenvalue weighted by Crippen LogP contribution is -2.52. The second kappa shape index (κ2) is 9.35. The Hall–Kier alpha value is -2.97. The lowest BCUT2D eigenvalue weighted by atomic mass is 10.1. The van der Waals surface area contributed by atoms with E-state index in [1.54, 1.807) is 4.90 Å². The third kappa shape index (κ3) is 4.28. The second-order valence-electron chi connectivity index (χ2n) is 8.55. The van der Waals surface area contributed by atoms with Crippen molar-refractivity contribution >= 4 is 46.6 Å². The zero-order chi connectivity index (χ0) is 23.8. The van der Waals surface area contributed by atoms with Gasteiger partial charge < -0.3 is 9.80 Å². The summed E-state index contributed by atoms with van der Waals surface area (Å²) in [6.07, 6.45) is 0. The Bertz CT molecular complexity index is 1240. The first kappa shape index (κ1) is 22.8. The summed E-state index contributed by atoms with van der Waals surface area (Å²) < 4.78 is 1.87. The highest BCUT2D eigenvalue weighted by Crippen LogP contribution is 2.39. The van der Waals surface area contributed by atoms with Gasteiger partial charge in [-0.15, -0.1) is 0 Å². The molecule has 5 rings (SSSR count). The van der Waals surface area contributed by atoms with E-state index in [2.05, 4.69) is 16.9 Å². The Kier molecular flexibility index (Phi) is 6.27. The molecule has 0 radical (unpaired) electrons. The molecule has 7 nitrogen and oxygen atoms in total. The molecule has 0 unspecified atom stereocenters. The summed E-state index contributed by atoms with van der Waals surface area (Å²) in [4.78, 5) is 31.8. The van der Waals surface area contributed by atoms with E-state index in [-0.39, 0.29) is 18.4 Å². The van der Waals surface area contributed by atoms with Gasteiger partial charge in [0.1, 0.15) is 11.6 Å². The van der Waals surface area contributed by atoms with Gasteiger partial charge in [-0.05, 0) is 43.7 Å². The summed E-state index contributed by atoms with van der Waals surface area (Å²) in [7, 11) is 0. The Morgan fingerprint density at radius 1 is 1.06 bits per heavy atom. The van der Waals surface area contributed by atoms with E-state index >= 15 is 0 Å². The van der Waals surface area contributed by atoms with Gasteiger partial charge in [-0.3, -0.25) is 14.5 Å². The van der Waals surface area contributed by atoms with Gasteiger partial charge in [-0.1, -0.05) is 47.6 Å². The van der Waals surface area contributed by atoms with Crippen molar-refractivity contribution in [1.29, 1.82) is 0 Å². The van der Waals surface area contributed by atoms with Crippen LogP contribution in [0.2, 0.25) is 5.02 Å². The van der Waals surface area contributed by atoms with Gasteiger partial charge in [0.25, 0.3) is 0 Å². The third-order valence-corrected chi connectivity index (χ3v) is 7.60. The molecule has 0 atom stereocenters. The number of hydrogen-bond acceptors (Lipinski definition) is 5. The average Bonchev–Trinajstić information content (AvgIpc) is 3.19. The first-order valence-electron chi connectivity index (χ1n) is 11.3. The van der Waals surface area contributed by atoms with E-state index < -0.39 is 0 Å². The van der Waals surface area contributed by atoms with E-state index in [1.165, 1.54) is 17.3 Å². The van der Waals surface area contributed by atoms with Gasteiger partial charge >= 0.3 is 0 Å². The number of piperazine rings is 1. The van der Waals surface area contributed by atoms with Crippen LogP contribution in [0.3, 0.4) is 0 Å². The molecule has 1 saturated heterocycles. The Morgan fingerprint density at radius 2 is 1.79 bits per heavy atom. The second-order valence-corrected chi connectivity index (χ2v) is 9.95. The number of nitrogens with zero attached hydrogens (tertiary/aromatic N) is 5. The fourth-order valence-corrected chi connectivity index (χ4v) is 5.78. The highest BCUT2D eigenvalue weighted by Gasteiger charge is 2.34. The Balaban J connectivity index is 1.31. The maximum atomic E-state index is 13.2. The molecule has 1 fully saturated rings. The number of aryl methyl sites for hydroxylation is 2. The summed E-state index contributed by atoms with van der Waals surface area (Å²) in [5.41, 5.74) is 4.70. The smallest absolute Gasteiger partial charge is 0.242 e. The summed E-state index contributed by atoms with van der Waals surface area (Å²) in [6.45, 7) is 6.66. The molecule has 2 aliphatic rings. The van der Waals surface area contributed by atoms with E-state index in [9.17, 15) is 9.59 Å². The van der Waals surface area contributed by atoms with Crippen molar-refractivity contribution in [2.45, 2.75) is 18.9 Å². The third-order valence-electron chi connectivity index (χ3n) is 6.33. The summed E-state index contributed by atoms with van der Waals surface area (Å²) in [6, 6.07) is 15.7. The maximum Gasteiger partial charge on any atom is 0.242 e. The zero-order valence-corrected chi connectivity index (χ0v) is 20.8. The van der Waals surface area contributed by atoms with Crippen LogP contribution in [-0.2, 0) is 9.59 Å². The van der Waals surface area contributed by atoms with Gasteiger partial charge in [0.2, 0.25) is 11.8 Å². The average molecular weight is 496 g/mol. The topological polar surface area (TPSA) is 61.7 Å². The quantitative estimate of drug-likeness (QED) is 0.549. The molecule has 1 aromatic heterocycles. The lowest BCUT2D eigenvalue weighted by Gasteiger charge is -2.38. The van der Waals surface area contributed by atoms with E-state index in [0.717, 1.165) is 40.9 Å². The van der Waals surface area contributed by atoms with Crippen molar-refractivity contribution in [3.8, 4) is 5.69 Å². The molecule has 3 heterocycles. The predicted molar refractivity (Wildman–Crippen MR) is 136 cm³/mol. The highest BCUT2D eigenvalue weighted by molar-refractivity contribution is 8.00. The first-order chi connectivity index (χ1) is 16.4. The van der Waals surface area contributed by atoms with Crippen LogP contribution in [0.1, 0.15) is 11.3 Å². The molecule has 2 aromatic carbocycles. The number of para-hydroxylation sites is 1. The number of fused-ring (bicyclic) bond motifs is 1. The molecular formula is C25H26ClN5O2S. The van der Waals surface area contributed by atoms with Crippen molar-refractivity contribution < 1.29 is 9.59 Å². The molecule has 0 aliphatic carbocycles. The highest BCUT2D eigenvalue weighted by atomic mass is 35.5. The molecule has 0 spiro atoms. The largest absolute Gasteiger partial charge is 0.368 e. The van der Waals surface area contributed by atoms with Crippen molar-refractivity contribution in [3.63, 3.8) is 0 Å². The molecule has 0 N–H and O–H groups in total. The van der Waals surface area contributed by atoms with Crippen LogP contribution in [-0.4, -0.2) is 65.0 Å². The standard InChI is InChI=1S/C25H26ClN5O2S/c1-17-8-9-19(26)14-21(17)28-10-12-29(13-11-28)22(32)15-30-23(33)16-34-25-24(30)18(2)27-31(25)20-6-4-3-5-7-20/h3-9,14H,10-13,15-16H2,1-2H3. The van der Waals surface area contributed by atoms with Crippen LogP contribution in [0.4, 0.5) is 11.4 Å². The first-order valence-corrected chi connectivity index (χ1v) is 12.7. The molecule has 2 aliphatic heterocycles. The zero-order valence-electron chi connectivity index (χ0n) is 19.2. The minimum Gasteiger partial charge on any atom is -0.368 e. The van der Waals surface area contributed by atoms with Gasteiger partial charge in [0, 0.05) is 36.9 Å². The van der Waals surface area contributed by atoms with Crippen LogP contribution in [0.5, 0.6) is 0 Å². The predicted octanol–water partition coefficient (Wildman–Crippen LogP) is 3.93. The van der Waals surface area contributed by atoms with Gasteiger partial charge in [-0.25, -0.2) is 4.68 Å². The summed E-state index contributed by atoms with van der Waals surface area (Å²) in [5, 5.41) is 6.30. The number of rotatable bonds is 4. The van der Waals surface area contributed by atoms with E-state index in [4.69, 9.17) is 11.6 Å². The van der Waals surface area contributed by atoms with E-state index in [0.29, 0.717) is 23.9 Å². The van der Waals surface area contributed by atoms with Crippen molar-refractivity contribution in [2.75, 3.05) is 48.3 Å². The number of hydrogen-bond donors (Lipinski definition) is 0. The van der Waals surface area contributed by atoms with Gasteiger partial charge in [0.05, 0.1) is 22.8 Å². The number of anilines is 2. The van der Waals surface area contributed by atoms with Crippen LogP contribution < -0.4 is 9.80 Å². The molecular weight excluding hydrogens is 470 g/mol. The fourth-order valence-electron chi connectivity index (χ4n) is 4.54. The summed E-state index contributed by atoms with van der Waals surface area (Å²) >= 11 is 7.67. The number of halogens is 1. The molecule has 9 heteroatoms. The summed E-state index contributed by atoms with van der Waals surface area (Å²) in [5.74, 6) is 0.190. The monoisotopic (exact) mass is 495 g/mol. The Morgan fingerprint density at radius 3 is 2.53 bits per heavy atom. The van der Waals surface area contributed by atoms with Gasteiger partial charge in [-0.2, -0.15) is 5.10 Å². The van der Waals surface area contributed by atoms with Gasteiger partial charge in [0.15, 0.2) is 0 Å². The number of amides is 2. The van der Waals surface area contributed by atoms with Crippen LogP contribution >= 0.6 is 23.4 Å². The molecule has 176 valence electrons. The SMILES string of the molecule is Cc1ccc(Cl)cc1N1CCN(C(=O)CN2C(=O)CSc3c2c(C)nn3-c2ccccc2)CC1. The maximum absolute atomic E-state index is 13.2. The number of thioether (sulfide) groups is 1. The minimum absolute atomic E-state index is 0.0317. The molecule has 34 heavy (non-hydrogen) atoms. The molecule has 2 amide bonds. The Labute approximate surface area is 208 Å². The van der Waals surface area contributed by atoms with Crippen LogP contribution in [0.15, 0.2) is 53.6 Å². The number of benzene rings is 2. The molecule has 3 aromatic rings. The van der Waals surface area contributed by atoms with Crippen LogP contribution in [0, 0.1) is 13.8 Å². The molecule has 0 saturated carbocycles. The van der Waals surface area contributed by atoms with Crippen LogP contribution in [0.25, 0.3) is 5.69 Å². The number of carbonyl (C=O) groups is 2. The number of carbonyl (C=O) groups excluding carboxylic acids is 2. The lowest BCUT2D eigenvalue weighted by molar-refractivity contribution is -0.131. The minimum atomic E-state index is -0.0604. The molecule has 0 bridgehead atoms. The number of aromatic nitrogens is 2. The van der Waals surface area contributed by atoms with Crippen molar-refractivity contribution in [3.05, 3.63) is 64.8 Å². The van der Waals surface area contributed by atoms with Crippen molar-refractivity contribution in [1.82, 2.24) is 14.7 Å².